The number of nitrogens with two attached hydrogens (primary N) is 1. The van der Waals surface area contributed by atoms with Gasteiger partial charge in [-0.3, -0.25) is 0 Å². The molecule has 1 unspecified atom stereocenters. The van der Waals surface area contributed by atoms with Crippen LogP contribution >= 0.6 is 0 Å². The van der Waals surface area contributed by atoms with E-state index >= 15 is 0 Å². The van der Waals surface area contributed by atoms with E-state index in [4.69, 9.17) is 15.2 Å². The second kappa shape index (κ2) is 7.68. The second-order valence-corrected chi connectivity index (χ2v) is 4.66. The minimum atomic E-state index is -0.165. The fourth-order valence-electron chi connectivity index (χ4n) is 2.11. The Hall–Kier alpha value is -1.84. The highest BCUT2D eigenvalue weighted by molar-refractivity contribution is 5.35. The van der Waals surface area contributed by atoms with Crippen molar-refractivity contribution in [2.75, 3.05) is 20.3 Å². The molecule has 0 fully saturated rings. The van der Waals surface area contributed by atoms with E-state index in [0.717, 1.165) is 17.7 Å². The SMILES string of the molecule is COc1ccccc1C(N)COCCc1ccccc1. The first-order valence-corrected chi connectivity index (χ1v) is 6.81. The van der Waals surface area contributed by atoms with Crippen molar-refractivity contribution in [3.63, 3.8) is 0 Å². The first-order valence-electron chi connectivity index (χ1n) is 6.81. The molecule has 2 aromatic carbocycles. The minimum Gasteiger partial charge on any atom is -0.496 e. The Morgan fingerprint density at radius 3 is 2.45 bits per heavy atom. The molecule has 0 amide bonds. The van der Waals surface area contributed by atoms with Crippen molar-refractivity contribution in [3.05, 3.63) is 65.7 Å². The highest BCUT2D eigenvalue weighted by Crippen LogP contribution is 2.23. The van der Waals surface area contributed by atoms with E-state index in [1.165, 1.54) is 5.56 Å². The monoisotopic (exact) mass is 271 g/mol. The zero-order valence-electron chi connectivity index (χ0n) is 11.8. The lowest BCUT2D eigenvalue weighted by molar-refractivity contribution is 0.123. The van der Waals surface area contributed by atoms with Crippen molar-refractivity contribution < 1.29 is 9.47 Å². The van der Waals surface area contributed by atoms with E-state index in [2.05, 4.69) is 12.1 Å². The molecule has 1 atom stereocenters. The molecule has 0 radical (unpaired) electrons. The van der Waals surface area contributed by atoms with Gasteiger partial charge in [0.25, 0.3) is 0 Å². The quantitative estimate of drug-likeness (QED) is 0.787. The smallest absolute Gasteiger partial charge is 0.123 e. The summed E-state index contributed by atoms with van der Waals surface area (Å²) >= 11 is 0. The van der Waals surface area contributed by atoms with Crippen molar-refractivity contribution in [2.45, 2.75) is 12.5 Å². The molecule has 0 spiro atoms. The molecule has 0 saturated heterocycles. The molecule has 2 aromatic rings. The van der Waals surface area contributed by atoms with Crippen molar-refractivity contribution in [1.82, 2.24) is 0 Å². The van der Waals surface area contributed by atoms with Crippen LogP contribution in [0.1, 0.15) is 17.2 Å². The zero-order valence-corrected chi connectivity index (χ0v) is 11.8. The third-order valence-electron chi connectivity index (χ3n) is 3.21. The molecular weight excluding hydrogens is 250 g/mol. The highest BCUT2D eigenvalue weighted by Gasteiger charge is 2.11. The molecule has 20 heavy (non-hydrogen) atoms. The Balaban J connectivity index is 1.79. The summed E-state index contributed by atoms with van der Waals surface area (Å²) in [5.74, 6) is 0.812. The van der Waals surface area contributed by atoms with E-state index in [1.807, 2.05) is 42.5 Å². The molecule has 0 aliphatic heterocycles. The lowest BCUT2D eigenvalue weighted by Crippen LogP contribution is -2.18. The van der Waals surface area contributed by atoms with Crippen LogP contribution in [0.25, 0.3) is 0 Å². The lowest BCUT2D eigenvalue weighted by Gasteiger charge is -2.15. The van der Waals surface area contributed by atoms with Crippen LogP contribution in [-0.2, 0) is 11.2 Å². The predicted octanol–water partition coefficient (Wildman–Crippen LogP) is 2.95. The molecule has 0 aliphatic carbocycles. The van der Waals surface area contributed by atoms with Crippen LogP contribution in [0.2, 0.25) is 0 Å². The summed E-state index contributed by atoms with van der Waals surface area (Å²) in [4.78, 5) is 0. The fourth-order valence-corrected chi connectivity index (χ4v) is 2.11. The second-order valence-electron chi connectivity index (χ2n) is 4.66. The number of methoxy groups -OCH3 is 1. The normalized spacial score (nSPS) is 12.1. The van der Waals surface area contributed by atoms with Crippen LogP contribution in [0.5, 0.6) is 5.75 Å². The number of rotatable bonds is 7. The fraction of sp³-hybridized carbons (Fsp3) is 0.294. The van der Waals surface area contributed by atoms with Gasteiger partial charge in [0.15, 0.2) is 0 Å². The van der Waals surface area contributed by atoms with Crippen molar-refractivity contribution in [2.24, 2.45) is 5.73 Å². The van der Waals surface area contributed by atoms with Crippen LogP contribution in [-0.4, -0.2) is 20.3 Å². The first-order chi connectivity index (χ1) is 9.81. The van der Waals surface area contributed by atoms with Gasteiger partial charge in [-0.15, -0.1) is 0 Å². The van der Waals surface area contributed by atoms with Gasteiger partial charge in [-0.1, -0.05) is 48.5 Å². The first kappa shape index (κ1) is 14.6. The van der Waals surface area contributed by atoms with E-state index in [0.29, 0.717) is 13.2 Å². The summed E-state index contributed by atoms with van der Waals surface area (Å²) in [5, 5.41) is 0. The molecule has 0 bridgehead atoms. The van der Waals surface area contributed by atoms with Gasteiger partial charge in [0.2, 0.25) is 0 Å². The number of ether oxygens (including phenoxy) is 2. The molecule has 106 valence electrons. The molecule has 2 N–H and O–H groups in total. The predicted molar refractivity (Wildman–Crippen MR) is 80.9 cm³/mol. The average Bonchev–Trinajstić information content (AvgIpc) is 2.52. The third-order valence-corrected chi connectivity index (χ3v) is 3.21. The Morgan fingerprint density at radius 1 is 1.00 bits per heavy atom. The summed E-state index contributed by atoms with van der Waals surface area (Å²) in [5.41, 5.74) is 8.40. The Labute approximate surface area is 120 Å². The molecule has 0 aromatic heterocycles. The maximum atomic E-state index is 6.15. The largest absolute Gasteiger partial charge is 0.496 e. The summed E-state index contributed by atoms with van der Waals surface area (Å²) in [7, 11) is 1.65. The molecule has 2 rings (SSSR count). The minimum absolute atomic E-state index is 0.165. The van der Waals surface area contributed by atoms with E-state index < -0.39 is 0 Å². The van der Waals surface area contributed by atoms with Gasteiger partial charge in [0.05, 0.1) is 26.4 Å². The van der Waals surface area contributed by atoms with Crippen molar-refractivity contribution in [1.29, 1.82) is 0 Å². The number of para-hydroxylation sites is 1. The van der Waals surface area contributed by atoms with Gasteiger partial charge in [0.1, 0.15) is 5.75 Å². The number of hydrogen-bond donors (Lipinski definition) is 1. The van der Waals surface area contributed by atoms with Gasteiger partial charge in [0, 0.05) is 5.56 Å². The number of benzene rings is 2. The molecule has 3 heteroatoms. The van der Waals surface area contributed by atoms with E-state index in [-0.39, 0.29) is 6.04 Å². The van der Waals surface area contributed by atoms with Crippen LogP contribution < -0.4 is 10.5 Å². The molecule has 0 saturated carbocycles. The van der Waals surface area contributed by atoms with Crippen LogP contribution in [0.3, 0.4) is 0 Å². The van der Waals surface area contributed by atoms with Gasteiger partial charge in [-0.25, -0.2) is 0 Å². The third kappa shape index (κ3) is 4.08. The summed E-state index contributed by atoms with van der Waals surface area (Å²) in [6.07, 6.45) is 0.902. The molecule has 0 heterocycles. The molecular formula is C17H21NO2. The van der Waals surface area contributed by atoms with Gasteiger partial charge in [-0.2, -0.15) is 0 Å². The van der Waals surface area contributed by atoms with Crippen molar-refractivity contribution in [3.8, 4) is 5.75 Å². The maximum Gasteiger partial charge on any atom is 0.123 e. The van der Waals surface area contributed by atoms with Crippen molar-refractivity contribution >= 4 is 0 Å². The Bertz CT molecular complexity index is 513. The molecule has 0 aliphatic rings. The maximum absolute atomic E-state index is 6.15. The standard InChI is InChI=1S/C17H21NO2/c1-19-17-10-6-5-9-15(17)16(18)13-20-12-11-14-7-3-2-4-8-14/h2-10,16H,11-13,18H2,1H3. The Morgan fingerprint density at radius 2 is 1.70 bits per heavy atom. The summed E-state index contributed by atoms with van der Waals surface area (Å²) < 4.78 is 11.0. The highest BCUT2D eigenvalue weighted by atomic mass is 16.5. The zero-order chi connectivity index (χ0) is 14.2. The van der Waals surface area contributed by atoms with Crippen LogP contribution in [0.15, 0.2) is 54.6 Å². The van der Waals surface area contributed by atoms with Gasteiger partial charge < -0.3 is 15.2 Å². The van der Waals surface area contributed by atoms with Gasteiger partial charge >= 0.3 is 0 Å². The topological polar surface area (TPSA) is 44.5 Å². The number of hydrogen-bond acceptors (Lipinski definition) is 3. The Kier molecular flexibility index (Phi) is 5.59. The van der Waals surface area contributed by atoms with Crippen LogP contribution in [0.4, 0.5) is 0 Å². The summed E-state index contributed by atoms with van der Waals surface area (Å²) in [6, 6.07) is 17.9. The lowest BCUT2D eigenvalue weighted by atomic mass is 10.1. The van der Waals surface area contributed by atoms with E-state index in [1.54, 1.807) is 7.11 Å². The van der Waals surface area contributed by atoms with Crippen LogP contribution in [0, 0.1) is 0 Å². The van der Waals surface area contributed by atoms with Gasteiger partial charge in [-0.05, 0) is 18.1 Å². The molecule has 3 nitrogen and oxygen atoms in total. The average molecular weight is 271 g/mol. The summed E-state index contributed by atoms with van der Waals surface area (Å²) in [6.45, 7) is 1.17. The van der Waals surface area contributed by atoms with E-state index in [9.17, 15) is 0 Å².